The molecule has 2 aromatic rings. The molecule has 1 aromatic heterocycles. The number of carbonyl (C=O) groups excluding carboxylic acids is 1. The quantitative estimate of drug-likeness (QED) is 0.422. The molecule has 0 amide bonds. The standard InChI is InChI=1S/C24H32N2O2S2/c1-15-19(16-9-7-6-8-10-16)20(22(27)28-5)21(30-15)26-23(29)25-18-13-11-17(12-14-18)24(2,3)4/h6-10,17-18H,11-14H2,1-5H3,(H2,25,26,29). The topological polar surface area (TPSA) is 50.4 Å². The smallest absolute Gasteiger partial charge is 0.341 e. The van der Waals surface area contributed by atoms with Crippen LogP contribution in [-0.4, -0.2) is 24.2 Å². The average molecular weight is 445 g/mol. The minimum Gasteiger partial charge on any atom is -0.465 e. The second-order valence-electron chi connectivity index (χ2n) is 9.11. The third-order valence-electron chi connectivity index (χ3n) is 6.05. The summed E-state index contributed by atoms with van der Waals surface area (Å²) in [7, 11) is 1.41. The van der Waals surface area contributed by atoms with Gasteiger partial charge in [0.1, 0.15) is 10.6 Å². The molecule has 1 aromatic carbocycles. The van der Waals surface area contributed by atoms with Gasteiger partial charge >= 0.3 is 5.97 Å². The minimum absolute atomic E-state index is 0.353. The number of carbonyl (C=O) groups is 1. The van der Waals surface area contributed by atoms with E-state index in [1.54, 1.807) is 0 Å². The lowest BCUT2D eigenvalue weighted by Gasteiger charge is -2.37. The van der Waals surface area contributed by atoms with Crippen LogP contribution in [-0.2, 0) is 4.74 Å². The van der Waals surface area contributed by atoms with Crippen molar-refractivity contribution >= 4 is 39.6 Å². The van der Waals surface area contributed by atoms with Crippen LogP contribution in [0.4, 0.5) is 5.00 Å². The number of thiophene rings is 1. The van der Waals surface area contributed by atoms with E-state index in [9.17, 15) is 4.79 Å². The highest BCUT2D eigenvalue weighted by atomic mass is 32.1. The number of hydrogen-bond donors (Lipinski definition) is 2. The van der Waals surface area contributed by atoms with Gasteiger partial charge in [0.05, 0.1) is 7.11 Å². The highest BCUT2D eigenvalue weighted by molar-refractivity contribution is 7.80. The summed E-state index contributed by atoms with van der Waals surface area (Å²) in [4.78, 5) is 13.7. The van der Waals surface area contributed by atoms with E-state index in [1.165, 1.54) is 31.3 Å². The summed E-state index contributed by atoms with van der Waals surface area (Å²) < 4.78 is 5.09. The molecule has 1 aliphatic carbocycles. The van der Waals surface area contributed by atoms with Crippen molar-refractivity contribution in [1.29, 1.82) is 0 Å². The number of hydrogen-bond acceptors (Lipinski definition) is 4. The number of esters is 1. The Balaban J connectivity index is 1.74. The first-order valence-electron chi connectivity index (χ1n) is 10.5. The Morgan fingerprint density at radius 3 is 2.33 bits per heavy atom. The van der Waals surface area contributed by atoms with Gasteiger partial charge in [-0.15, -0.1) is 11.3 Å². The first-order valence-corrected chi connectivity index (χ1v) is 11.8. The second-order valence-corrected chi connectivity index (χ2v) is 10.7. The predicted octanol–water partition coefficient (Wildman–Crippen LogP) is 6.40. The summed E-state index contributed by atoms with van der Waals surface area (Å²) >= 11 is 7.14. The first-order chi connectivity index (χ1) is 14.2. The summed E-state index contributed by atoms with van der Waals surface area (Å²) in [6.07, 6.45) is 4.67. The van der Waals surface area contributed by atoms with E-state index >= 15 is 0 Å². The number of benzene rings is 1. The highest BCUT2D eigenvalue weighted by Crippen LogP contribution is 2.41. The predicted molar refractivity (Wildman–Crippen MR) is 130 cm³/mol. The number of methoxy groups -OCH3 is 1. The molecule has 0 radical (unpaired) electrons. The molecule has 1 aliphatic rings. The summed E-state index contributed by atoms with van der Waals surface area (Å²) in [6, 6.07) is 10.3. The molecule has 1 saturated carbocycles. The Kier molecular flexibility index (Phi) is 7.19. The molecule has 1 fully saturated rings. The molecule has 0 aliphatic heterocycles. The maximum atomic E-state index is 12.6. The van der Waals surface area contributed by atoms with Crippen molar-refractivity contribution in [2.75, 3.05) is 12.4 Å². The van der Waals surface area contributed by atoms with Crippen LogP contribution in [0.25, 0.3) is 11.1 Å². The van der Waals surface area contributed by atoms with Gasteiger partial charge in [-0.25, -0.2) is 4.79 Å². The average Bonchev–Trinajstić information content (AvgIpc) is 3.03. The zero-order chi connectivity index (χ0) is 21.9. The van der Waals surface area contributed by atoms with Gasteiger partial charge in [-0.3, -0.25) is 0 Å². The van der Waals surface area contributed by atoms with E-state index in [-0.39, 0.29) is 5.97 Å². The van der Waals surface area contributed by atoms with E-state index < -0.39 is 0 Å². The van der Waals surface area contributed by atoms with E-state index in [0.29, 0.717) is 22.1 Å². The Hall–Kier alpha value is -1.92. The molecule has 2 N–H and O–H groups in total. The van der Waals surface area contributed by atoms with Crippen LogP contribution < -0.4 is 10.6 Å². The van der Waals surface area contributed by atoms with Crippen molar-refractivity contribution in [1.82, 2.24) is 5.32 Å². The maximum absolute atomic E-state index is 12.6. The van der Waals surface area contributed by atoms with Crippen LogP contribution in [0.5, 0.6) is 0 Å². The summed E-state index contributed by atoms with van der Waals surface area (Å²) in [5.41, 5.74) is 2.82. The second kappa shape index (κ2) is 9.48. The number of rotatable bonds is 4. The van der Waals surface area contributed by atoms with E-state index in [2.05, 4.69) is 31.4 Å². The van der Waals surface area contributed by atoms with E-state index in [1.807, 2.05) is 37.3 Å². The van der Waals surface area contributed by atoms with E-state index in [0.717, 1.165) is 39.8 Å². The van der Waals surface area contributed by atoms with Crippen molar-refractivity contribution in [3.63, 3.8) is 0 Å². The summed E-state index contributed by atoms with van der Waals surface area (Å²) in [6.45, 7) is 9.01. The number of thiocarbonyl (C=S) groups is 1. The molecular formula is C24H32N2O2S2. The fourth-order valence-electron chi connectivity index (χ4n) is 4.31. The SMILES string of the molecule is COC(=O)c1c(NC(=S)NC2CCC(C(C)(C)C)CC2)sc(C)c1-c1ccccc1. The summed E-state index contributed by atoms with van der Waals surface area (Å²) in [5, 5.41) is 8.06. The van der Waals surface area contributed by atoms with Crippen molar-refractivity contribution in [3.05, 3.63) is 40.8 Å². The molecule has 6 heteroatoms. The lowest BCUT2D eigenvalue weighted by molar-refractivity contribution is 0.0603. The lowest BCUT2D eigenvalue weighted by atomic mass is 9.71. The van der Waals surface area contributed by atoms with Gasteiger partial charge < -0.3 is 15.4 Å². The molecule has 30 heavy (non-hydrogen) atoms. The Morgan fingerprint density at radius 1 is 1.13 bits per heavy atom. The third kappa shape index (κ3) is 5.22. The molecule has 0 saturated heterocycles. The largest absolute Gasteiger partial charge is 0.465 e. The normalized spacial score (nSPS) is 19.2. The number of anilines is 1. The molecule has 4 nitrogen and oxygen atoms in total. The Morgan fingerprint density at radius 2 is 1.77 bits per heavy atom. The first kappa shape index (κ1) is 22.8. The molecule has 162 valence electrons. The molecule has 0 spiro atoms. The molecule has 0 atom stereocenters. The van der Waals surface area contributed by atoms with Crippen molar-refractivity contribution in [2.24, 2.45) is 11.3 Å². The van der Waals surface area contributed by atoms with Gasteiger partial charge in [0.25, 0.3) is 0 Å². The van der Waals surface area contributed by atoms with Crippen LogP contribution in [0.2, 0.25) is 0 Å². The Bertz CT molecular complexity index is 892. The van der Waals surface area contributed by atoms with Gasteiger partial charge in [-0.1, -0.05) is 51.1 Å². The van der Waals surface area contributed by atoms with Crippen molar-refractivity contribution in [3.8, 4) is 11.1 Å². The van der Waals surface area contributed by atoms with Gasteiger partial charge in [0.15, 0.2) is 5.11 Å². The number of nitrogens with one attached hydrogen (secondary N) is 2. The molecule has 1 heterocycles. The van der Waals surface area contributed by atoms with E-state index in [4.69, 9.17) is 17.0 Å². The van der Waals surface area contributed by atoms with Gasteiger partial charge in [-0.05, 0) is 61.7 Å². The van der Waals surface area contributed by atoms with Crippen LogP contribution in [0, 0.1) is 18.3 Å². The third-order valence-corrected chi connectivity index (χ3v) is 7.29. The monoisotopic (exact) mass is 444 g/mol. The molecular weight excluding hydrogens is 412 g/mol. The van der Waals surface area contributed by atoms with Crippen LogP contribution >= 0.6 is 23.6 Å². The zero-order valence-electron chi connectivity index (χ0n) is 18.5. The minimum atomic E-state index is -0.353. The number of ether oxygens (including phenoxy) is 1. The van der Waals surface area contributed by atoms with Crippen LogP contribution in [0.15, 0.2) is 30.3 Å². The molecule has 0 bridgehead atoms. The molecule has 3 rings (SSSR count). The molecule has 0 unspecified atom stereocenters. The fourth-order valence-corrected chi connectivity index (χ4v) is 5.71. The van der Waals surface area contributed by atoms with Crippen molar-refractivity contribution < 1.29 is 9.53 Å². The number of aryl methyl sites for hydroxylation is 1. The van der Waals surface area contributed by atoms with Gasteiger partial charge in [-0.2, -0.15) is 0 Å². The lowest BCUT2D eigenvalue weighted by Crippen LogP contribution is -2.41. The Labute approximate surface area is 189 Å². The fraction of sp³-hybridized carbons (Fsp3) is 0.500. The van der Waals surface area contributed by atoms with Crippen LogP contribution in [0.1, 0.15) is 61.7 Å². The van der Waals surface area contributed by atoms with Crippen LogP contribution in [0.3, 0.4) is 0 Å². The maximum Gasteiger partial charge on any atom is 0.341 e. The van der Waals surface area contributed by atoms with Gasteiger partial charge in [0.2, 0.25) is 0 Å². The zero-order valence-corrected chi connectivity index (χ0v) is 20.1. The summed E-state index contributed by atoms with van der Waals surface area (Å²) in [5.74, 6) is 0.408. The van der Waals surface area contributed by atoms with Gasteiger partial charge in [0, 0.05) is 16.5 Å². The van der Waals surface area contributed by atoms with Crippen molar-refractivity contribution in [2.45, 2.75) is 59.4 Å². The highest BCUT2D eigenvalue weighted by Gasteiger charge is 2.30.